The van der Waals surface area contributed by atoms with Crippen LogP contribution in [0.4, 0.5) is 20.3 Å². The number of nitriles is 1. The minimum atomic E-state index is -1.72. The van der Waals surface area contributed by atoms with Gasteiger partial charge in [0, 0.05) is 62.7 Å². The van der Waals surface area contributed by atoms with Crippen LogP contribution in [0.15, 0.2) is 35.6 Å². The van der Waals surface area contributed by atoms with Crippen LogP contribution in [0.5, 0.6) is 5.75 Å². The number of fused-ring (bicyclic) bond motifs is 1. The number of benzene rings is 1. The standard InChI is InChI=1S/C31H30ClF2N9O4/c1-16-10-41(14-31(13-35)3-4-31)5-6-43(16)22-8-21(20(32)9-37-22)39-23(44)12-42-11-19(24-29(42)38-15-40(2)30(24)47)17-7-18(28(36)46)27(45)26(34)25(17)33/h7-9,11,15-16,45H,3-6,10,12,14H2,1-2H3,(H2,36,46)(H,37,39,44)/t16-/m0/s1. The molecule has 47 heavy (non-hydrogen) atoms. The SMILES string of the molecule is C[C@H]1CN(CC2(C#N)CC2)CCN1c1cc(NC(=O)Cn2cc(-c3cc(C(N)=O)c(O)c(F)c3F)c3c(=O)n(C)cnc32)c(Cl)cn1. The zero-order valence-corrected chi connectivity index (χ0v) is 26.2. The van der Waals surface area contributed by atoms with Crippen LogP contribution >= 0.6 is 11.6 Å². The van der Waals surface area contributed by atoms with Gasteiger partial charge >= 0.3 is 0 Å². The van der Waals surface area contributed by atoms with Crippen LogP contribution in [0.1, 0.15) is 30.1 Å². The van der Waals surface area contributed by atoms with E-state index in [1.54, 1.807) is 6.07 Å². The van der Waals surface area contributed by atoms with Crippen LogP contribution in [0, 0.1) is 28.4 Å². The highest BCUT2D eigenvalue weighted by Crippen LogP contribution is 2.45. The molecule has 1 aliphatic heterocycles. The maximum atomic E-state index is 15.1. The summed E-state index contributed by atoms with van der Waals surface area (Å²) in [5.41, 5.74) is 3.28. The van der Waals surface area contributed by atoms with E-state index in [9.17, 15) is 29.1 Å². The van der Waals surface area contributed by atoms with Crippen molar-refractivity contribution in [3.8, 4) is 22.9 Å². The first kappa shape index (κ1) is 31.9. The number of amides is 2. The van der Waals surface area contributed by atoms with Gasteiger partial charge in [0.05, 0.1) is 45.7 Å². The largest absolute Gasteiger partial charge is 0.504 e. The third kappa shape index (κ3) is 5.85. The van der Waals surface area contributed by atoms with Crippen molar-refractivity contribution in [2.45, 2.75) is 32.4 Å². The van der Waals surface area contributed by atoms with E-state index in [1.165, 1.54) is 30.3 Å². The summed E-state index contributed by atoms with van der Waals surface area (Å²) >= 11 is 6.41. The van der Waals surface area contributed by atoms with Crippen LogP contribution in [-0.2, 0) is 18.4 Å². The summed E-state index contributed by atoms with van der Waals surface area (Å²) in [4.78, 5) is 51.5. The summed E-state index contributed by atoms with van der Waals surface area (Å²) in [5, 5.41) is 22.2. The van der Waals surface area contributed by atoms with Crippen molar-refractivity contribution in [1.29, 1.82) is 5.26 Å². The molecule has 1 saturated carbocycles. The highest BCUT2D eigenvalue weighted by molar-refractivity contribution is 6.33. The van der Waals surface area contributed by atoms with Crippen molar-refractivity contribution in [3.63, 3.8) is 0 Å². The molecular weight excluding hydrogens is 636 g/mol. The van der Waals surface area contributed by atoms with E-state index in [-0.39, 0.29) is 38.8 Å². The average molecular weight is 666 g/mol. The second kappa shape index (κ2) is 11.9. The number of carbonyl (C=O) groups is 2. The second-order valence-corrected chi connectivity index (χ2v) is 12.5. The average Bonchev–Trinajstić information content (AvgIpc) is 3.71. The lowest BCUT2D eigenvalue weighted by Gasteiger charge is -2.41. The fraction of sp³-hybridized carbons (Fsp3) is 0.355. The molecule has 244 valence electrons. The van der Waals surface area contributed by atoms with E-state index in [2.05, 4.69) is 38.1 Å². The number of hydrogen-bond acceptors (Lipinski definition) is 9. The number of nitrogens with two attached hydrogens (primary N) is 1. The van der Waals surface area contributed by atoms with E-state index in [1.807, 2.05) is 0 Å². The number of piperazine rings is 1. The zero-order valence-electron chi connectivity index (χ0n) is 25.4. The highest BCUT2D eigenvalue weighted by atomic mass is 35.5. The van der Waals surface area contributed by atoms with Crippen LogP contribution in [-0.4, -0.2) is 73.1 Å². The van der Waals surface area contributed by atoms with Crippen LogP contribution in [0.2, 0.25) is 5.02 Å². The summed E-state index contributed by atoms with van der Waals surface area (Å²) < 4.78 is 32.2. The summed E-state index contributed by atoms with van der Waals surface area (Å²) in [6.45, 7) is 4.56. The number of carbonyl (C=O) groups excluding carboxylic acids is 2. The number of nitrogens with one attached hydrogen (secondary N) is 1. The summed E-state index contributed by atoms with van der Waals surface area (Å²) in [7, 11) is 1.41. The number of aryl methyl sites for hydroxylation is 1. The van der Waals surface area contributed by atoms with Crippen molar-refractivity contribution >= 4 is 46.0 Å². The molecule has 1 aromatic carbocycles. The molecule has 2 aliphatic rings. The zero-order chi connectivity index (χ0) is 33.8. The molecule has 4 aromatic rings. The summed E-state index contributed by atoms with van der Waals surface area (Å²) in [5.74, 6) is -5.69. The Morgan fingerprint density at radius 3 is 2.62 bits per heavy atom. The van der Waals surface area contributed by atoms with Gasteiger partial charge in [0.25, 0.3) is 11.5 Å². The normalized spacial score (nSPS) is 17.4. The van der Waals surface area contributed by atoms with Crippen molar-refractivity contribution in [1.82, 2.24) is 24.0 Å². The molecule has 4 heterocycles. The molecular formula is C31H30ClF2N9O4. The van der Waals surface area contributed by atoms with Gasteiger partial charge in [-0.25, -0.2) is 14.4 Å². The minimum Gasteiger partial charge on any atom is -0.504 e. The molecule has 4 N–H and O–H groups in total. The van der Waals surface area contributed by atoms with Crippen LogP contribution < -0.4 is 21.5 Å². The third-order valence-corrected chi connectivity index (χ3v) is 9.03. The van der Waals surface area contributed by atoms with Crippen molar-refractivity contribution < 1.29 is 23.5 Å². The minimum absolute atomic E-state index is 0.00987. The lowest BCUT2D eigenvalue weighted by molar-refractivity contribution is -0.116. The molecule has 1 aliphatic carbocycles. The number of hydrogen-bond donors (Lipinski definition) is 3. The first-order valence-corrected chi connectivity index (χ1v) is 15.1. The Hall–Kier alpha value is -5.07. The second-order valence-electron chi connectivity index (χ2n) is 12.1. The fourth-order valence-corrected chi connectivity index (χ4v) is 6.17. The van der Waals surface area contributed by atoms with Crippen LogP contribution in [0.25, 0.3) is 22.2 Å². The maximum absolute atomic E-state index is 15.1. The third-order valence-electron chi connectivity index (χ3n) is 8.73. The summed E-state index contributed by atoms with van der Waals surface area (Å²) in [6, 6.07) is 5.03. The number of anilines is 2. The monoisotopic (exact) mass is 665 g/mol. The molecule has 3 aromatic heterocycles. The van der Waals surface area contributed by atoms with E-state index >= 15 is 4.39 Å². The Kier molecular flexibility index (Phi) is 8.10. The van der Waals surface area contributed by atoms with Crippen LogP contribution in [0.3, 0.4) is 0 Å². The van der Waals surface area contributed by atoms with E-state index < -0.39 is 52.4 Å². The molecule has 16 heteroatoms. The fourth-order valence-electron chi connectivity index (χ4n) is 6.02. The molecule has 6 rings (SSSR count). The number of nitrogens with zero attached hydrogens (tertiary/aromatic N) is 7. The van der Waals surface area contributed by atoms with E-state index in [0.717, 1.165) is 43.1 Å². The van der Waals surface area contributed by atoms with Gasteiger partial charge in [-0.15, -0.1) is 0 Å². The molecule has 1 saturated heterocycles. The number of halogens is 3. The smallest absolute Gasteiger partial charge is 0.263 e. The number of phenols is 1. The van der Waals surface area contributed by atoms with Gasteiger partial charge < -0.3 is 30.2 Å². The maximum Gasteiger partial charge on any atom is 0.263 e. The van der Waals surface area contributed by atoms with Gasteiger partial charge in [-0.05, 0) is 25.8 Å². The molecule has 2 amide bonds. The number of aromatic nitrogens is 4. The predicted molar refractivity (Wildman–Crippen MR) is 169 cm³/mol. The molecule has 1 atom stereocenters. The molecule has 0 spiro atoms. The van der Waals surface area contributed by atoms with Gasteiger partial charge in [0.1, 0.15) is 18.0 Å². The summed E-state index contributed by atoms with van der Waals surface area (Å²) in [6.07, 6.45) is 5.73. The first-order chi connectivity index (χ1) is 22.3. The lowest BCUT2D eigenvalue weighted by Crippen LogP contribution is -2.53. The van der Waals surface area contributed by atoms with E-state index in [4.69, 9.17) is 17.3 Å². The predicted octanol–water partition coefficient (Wildman–Crippen LogP) is 2.99. The first-order valence-electron chi connectivity index (χ1n) is 14.7. The molecule has 0 radical (unpaired) electrons. The van der Waals surface area contributed by atoms with Gasteiger partial charge in [-0.1, -0.05) is 11.6 Å². The van der Waals surface area contributed by atoms with E-state index in [0.29, 0.717) is 12.4 Å². The number of aromatic hydroxyl groups is 1. The van der Waals surface area contributed by atoms with Gasteiger partial charge in [-0.2, -0.15) is 9.65 Å². The molecule has 2 fully saturated rings. The Morgan fingerprint density at radius 2 is 1.96 bits per heavy atom. The lowest BCUT2D eigenvalue weighted by atomic mass is 10.0. The Balaban J connectivity index is 1.27. The Labute approximate surface area is 271 Å². The number of primary amides is 1. The molecule has 0 unspecified atom stereocenters. The van der Waals surface area contributed by atoms with Gasteiger partial charge in [0.2, 0.25) is 11.7 Å². The Morgan fingerprint density at radius 1 is 1.21 bits per heavy atom. The highest BCUT2D eigenvalue weighted by Gasteiger charge is 2.45. The molecule has 13 nitrogen and oxygen atoms in total. The quantitative estimate of drug-likeness (QED) is 0.255. The molecule has 0 bridgehead atoms. The Bertz CT molecular complexity index is 2050. The van der Waals surface area contributed by atoms with Crippen molar-refractivity contribution in [3.05, 3.63) is 63.4 Å². The van der Waals surface area contributed by atoms with Gasteiger partial charge in [0.15, 0.2) is 11.6 Å². The number of rotatable bonds is 8. The number of pyridine rings is 1. The van der Waals surface area contributed by atoms with Crippen molar-refractivity contribution in [2.24, 2.45) is 18.2 Å². The van der Waals surface area contributed by atoms with Crippen molar-refractivity contribution in [2.75, 3.05) is 36.4 Å². The topological polar surface area (TPSA) is 175 Å². The van der Waals surface area contributed by atoms with Gasteiger partial charge in [-0.3, -0.25) is 19.3 Å².